The van der Waals surface area contributed by atoms with Gasteiger partial charge in [-0.25, -0.2) is 4.39 Å². The predicted octanol–water partition coefficient (Wildman–Crippen LogP) is 1.91. The Morgan fingerprint density at radius 1 is 1.39 bits per heavy atom. The molecule has 1 heterocycles. The normalized spacial score (nSPS) is 10.7. The van der Waals surface area contributed by atoms with Crippen LogP contribution in [0, 0.1) is 5.82 Å². The van der Waals surface area contributed by atoms with Crippen molar-refractivity contribution in [1.29, 1.82) is 0 Å². The summed E-state index contributed by atoms with van der Waals surface area (Å²) in [5, 5.41) is 16.8. The molecule has 0 fully saturated rings. The molecule has 2 rings (SSSR count). The highest BCUT2D eigenvalue weighted by molar-refractivity contribution is 5.32. The maximum atomic E-state index is 13.0. The van der Waals surface area contributed by atoms with Crippen LogP contribution in [0.25, 0.3) is 0 Å². The number of hydrogen-bond donors (Lipinski definition) is 2. The van der Waals surface area contributed by atoms with E-state index in [-0.39, 0.29) is 11.6 Å². The highest BCUT2D eigenvalue weighted by Gasteiger charge is 2.02. The monoisotopic (exact) mass is 249 g/mol. The average Bonchev–Trinajstić information content (AvgIpc) is 2.86. The molecule has 0 bridgehead atoms. The molecule has 0 spiro atoms. The first-order valence-corrected chi connectivity index (χ1v) is 5.91. The van der Waals surface area contributed by atoms with E-state index in [4.69, 9.17) is 0 Å². The van der Waals surface area contributed by atoms with E-state index in [1.165, 1.54) is 18.2 Å². The Hall–Kier alpha value is -1.88. The van der Waals surface area contributed by atoms with Gasteiger partial charge in [0.05, 0.1) is 0 Å². The van der Waals surface area contributed by atoms with Gasteiger partial charge in [-0.15, -0.1) is 0 Å². The molecular weight excluding hydrogens is 233 g/mol. The van der Waals surface area contributed by atoms with Crippen molar-refractivity contribution < 1.29 is 9.50 Å². The molecule has 1 aromatic carbocycles. The van der Waals surface area contributed by atoms with Gasteiger partial charge >= 0.3 is 0 Å². The van der Waals surface area contributed by atoms with E-state index >= 15 is 0 Å². The fourth-order valence-corrected chi connectivity index (χ4v) is 1.72. The number of nitrogens with zero attached hydrogens (tertiary/aromatic N) is 2. The number of aryl methyl sites for hydroxylation is 1. The lowest BCUT2D eigenvalue weighted by molar-refractivity contribution is 0.460. The molecule has 5 heteroatoms. The molecule has 0 aliphatic carbocycles. The summed E-state index contributed by atoms with van der Waals surface area (Å²) in [5.74, 6) is -0.211. The van der Waals surface area contributed by atoms with Crippen LogP contribution >= 0.6 is 0 Å². The molecule has 0 aliphatic rings. The number of phenolic OH excluding ortho intramolecular Hbond substituents is 1. The Labute approximate surface area is 105 Å². The molecule has 18 heavy (non-hydrogen) atoms. The second-order valence-corrected chi connectivity index (χ2v) is 4.07. The van der Waals surface area contributed by atoms with Gasteiger partial charge in [-0.05, 0) is 37.2 Å². The van der Waals surface area contributed by atoms with Gasteiger partial charge in [0, 0.05) is 31.0 Å². The van der Waals surface area contributed by atoms with Crippen molar-refractivity contribution in [3.05, 3.63) is 48.0 Å². The Morgan fingerprint density at radius 2 is 2.28 bits per heavy atom. The van der Waals surface area contributed by atoms with Crippen molar-refractivity contribution in [3.8, 4) is 5.75 Å². The average molecular weight is 249 g/mol. The number of halogens is 1. The molecule has 4 nitrogen and oxygen atoms in total. The summed E-state index contributed by atoms with van der Waals surface area (Å²) >= 11 is 0. The summed E-state index contributed by atoms with van der Waals surface area (Å²) in [6.07, 6.45) is 4.59. The zero-order valence-electron chi connectivity index (χ0n) is 10.0. The van der Waals surface area contributed by atoms with E-state index in [9.17, 15) is 9.50 Å². The second kappa shape index (κ2) is 6.16. The van der Waals surface area contributed by atoms with E-state index in [2.05, 4.69) is 10.4 Å². The number of aromatic nitrogens is 2. The van der Waals surface area contributed by atoms with Gasteiger partial charge in [-0.2, -0.15) is 5.10 Å². The zero-order chi connectivity index (χ0) is 12.8. The molecule has 0 saturated carbocycles. The third kappa shape index (κ3) is 3.56. The summed E-state index contributed by atoms with van der Waals surface area (Å²) in [4.78, 5) is 0. The molecule has 0 amide bonds. The van der Waals surface area contributed by atoms with Crippen LogP contribution in [0.4, 0.5) is 4.39 Å². The highest BCUT2D eigenvalue weighted by Crippen LogP contribution is 2.17. The van der Waals surface area contributed by atoms with Gasteiger partial charge in [0.15, 0.2) is 0 Å². The van der Waals surface area contributed by atoms with Crippen LogP contribution in [0.3, 0.4) is 0 Å². The third-order valence-corrected chi connectivity index (χ3v) is 2.66. The Morgan fingerprint density at radius 3 is 3.06 bits per heavy atom. The maximum Gasteiger partial charge on any atom is 0.123 e. The first-order chi connectivity index (χ1) is 8.75. The van der Waals surface area contributed by atoms with Crippen LogP contribution in [0.2, 0.25) is 0 Å². The van der Waals surface area contributed by atoms with Crippen LogP contribution in [0.15, 0.2) is 36.7 Å². The van der Waals surface area contributed by atoms with Crippen LogP contribution < -0.4 is 5.32 Å². The first-order valence-electron chi connectivity index (χ1n) is 5.91. The van der Waals surface area contributed by atoms with Crippen molar-refractivity contribution >= 4 is 0 Å². The van der Waals surface area contributed by atoms with Crippen molar-refractivity contribution in [2.75, 3.05) is 6.54 Å². The summed E-state index contributed by atoms with van der Waals surface area (Å²) in [6.45, 7) is 2.09. The van der Waals surface area contributed by atoms with Crippen LogP contribution in [-0.2, 0) is 13.1 Å². The number of hydrogen-bond acceptors (Lipinski definition) is 3. The van der Waals surface area contributed by atoms with Gasteiger partial charge in [0.25, 0.3) is 0 Å². The Bertz CT molecular complexity index is 485. The second-order valence-electron chi connectivity index (χ2n) is 4.07. The fraction of sp³-hybridized carbons (Fsp3) is 0.308. The van der Waals surface area contributed by atoms with E-state index in [0.29, 0.717) is 12.1 Å². The summed E-state index contributed by atoms with van der Waals surface area (Å²) in [7, 11) is 0. The van der Waals surface area contributed by atoms with Crippen molar-refractivity contribution in [2.45, 2.75) is 19.5 Å². The third-order valence-electron chi connectivity index (χ3n) is 2.66. The molecule has 1 aromatic heterocycles. The SMILES string of the molecule is Oc1ccc(F)cc1CNCCCn1cccn1. The smallest absolute Gasteiger partial charge is 0.123 e. The summed E-state index contributed by atoms with van der Waals surface area (Å²) in [6, 6.07) is 5.85. The molecule has 0 radical (unpaired) electrons. The number of phenols is 1. The molecule has 96 valence electrons. The lowest BCUT2D eigenvalue weighted by Crippen LogP contribution is -2.16. The standard InChI is InChI=1S/C13H16FN3O/c14-12-3-4-13(18)11(9-12)10-15-5-1-7-17-8-2-6-16-17/h2-4,6,8-9,15,18H,1,5,7,10H2. The topological polar surface area (TPSA) is 50.1 Å². The van der Waals surface area contributed by atoms with Gasteiger partial charge in [-0.1, -0.05) is 0 Å². The van der Waals surface area contributed by atoms with Gasteiger partial charge in [-0.3, -0.25) is 4.68 Å². The summed E-state index contributed by atoms with van der Waals surface area (Å²) in [5.41, 5.74) is 0.578. The van der Waals surface area contributed by atoms with Crippen molar-refractivity contribution in [3.63, 3.8) is 0 Å². The molecule has 2 aromatic rings. The minimum absolute atomic E-state index is 0.121. The molecule has 0 aliphatic heterocycles. The van der Waals surface area contributed by atoms with E-state index in [0.717, 1.165) is 19.5 Å². The zero-order valence-corrected chi connectivity index (χ0v) is 10.0. The first kappa shape index (κ1) is 12.6. The van der Waals surface area contributed by atoms with Crippen molar-refractivity contribution in [2.24, 2.45) is 0 Å². The molecule has 0 atom stereocenters. The Balaban J connectivity index is 1.70. The van der Waals surface area contributed by atoms with Crippen LogP contribution in [0.1, 0.15) is 12.0 Å². The van der Waals surface area contributed by atoms with Crippen LogP contribution in [-0.4, -0.2) is 21.4 Å². The number of benzene rings is 1. The van der Waals surface area contributed by atoms with Gasteiger partial charge in [0.1, 0.15) is 11.6 Å². The number of aromatic hydroxyl groups is 1. The largest absolute Gasteiger partial charge is 0.508 e. The maximum absolute atomic E-state index is 13.0. The van der Waals surface area contributed by atoms with E-state index in [1.807, 2.05) is 16.9 Å². The van der Waals surface area contributed by atoms with Crippen molar-refractivity contribution in [1.82, 2.24) is 15.1 Å². The van der Waals surface area contributed by atoms with Gasteiger partial charge < -0.3 is 10.4 Å². The lowest BCUT2D eigenvalue weighted by Gasteiger charge is -2.07. The molecule has 2 N–H and O–H groups in total. The molecular formula is C13H16FN3O. The minimum atomic E-state index is -0.332. The minimum Gasteiger partial charge on any atom is -0.508 e. The molecule has 0 unspecified atom stereocenters. The fourth-order valence-electron chi connectivity index (χ4n) is 1.72. The van der Waals surface area contributed by atoms with E-state index in [1.54, 1.807) is 6.20 Å². The summed E-state index contributed by atoms with van der Waals surface area (Å²) < 4.78 is 14.8. The van der Waals surface area contributed by atoms with Gasteiger partial charge in [0.2, 0.25) is 0 Å². The lowest BCUT2D eigenvalue weighted by atomic mass is 10.2. The highest BCUT2D eigenvalue weighted by atomic mass is 19.1. The van der Waals surface area contributed by atoms with Crippen LogP contribution in [0.5, 0.6) is 5.75 Å². The number of nitrogens with one attached hydrogen (secondary N) is 1. The Kier molecular flexibility index (Phi) is 4.30. The number of rotatable bonds is 6. The molecule has 0 saturated heterocycles. The van der Waals surface area contributed by atoms with E-state index < -0.39 is 0 Å². The predicted molar refractivity (Wildman–Crippen MR) is 66.6 cm³/mol. The quantitative estimate of drug-likeness (QED) is 0.769.